The number of esters is 4. The first kappa shape index (κ1) is 27.1. The van der Waals surface area contributed by atoms with Crippen molar-refractivity contribution < 1.29 is 42.9 Å². The molecular weight excluding hydrogens is 480 g/mol. The molecule has 4 rings (SSSR count). The molecule has 1 aromatic rings. The highest BCUT2D eigenvalue weighted by Gasteiger charge is 2.80. The minimum absolute atomic E-state index is 0.291. The van der Waals surface area contributed by atoms with Crippen LogP contribution >= 0.6 is 0 Å². The monoisotopic (exact) mass is 516 g/mol. The van der Waals surface area contributed by atoms with Crippen LogP contribution in [0.4, 0.5) is 0 Å². The van der Waals surface area contributed by atoms with Crippen molar-refractivity contribution in [2.45, 2.75) is 96.9 Å². The molecular formula is C28H36O9. The third-order valence-corrected chi connectivity index (χ3v) is 8.50. The molecule has 1 spiro atoms. The number of carbonyl (C=O) groups is 4. The molecule has 0 aromatic heterocycles. The van der Waals surface area contributed by atoms with Gasteiger partial charge in [-0.25, -0.2) is 4.79 Å². The van der Waals surface area contributed by atoms with Crippen molar-refractivity contribution in [3.05, 3.63) is 35.9 Å². The topological polar surface area (TPSA) is 114 Å². The SMILES string of the molecule is CC(=O)O[C@@H]1[C@H]2C[C@H](OC(=O)c3ccccc3)[C@]3(C)[C@@H](OC(C)=O)[C@H](OC(C)=O)C[C@@H](C)[C@@]13OC2(C)C. The first-order valence-electron chi connectivity index (χ1n) is 12.7. The molecule has 1 heterocycles. The van der Waals surface area contributed by atoms with Gasteiger partial charge in [-0.2, -0.15) is 0 Å². The molecule has 1 aromatic carbocycles. The van der Waals surface area contributed by atoms with E-state index in [0.29, 0.717) is 18.4 Å². The van der Waals surface area contributed by atoms with E-state index in [-0.39, 0.29) is 11.8 Å². The summed E-state index contributed by atoms with van der Waals surface area (Å²) in [4.78, 5) is 50.1. The second-order valence-electron chi connectivity index (χ2n) is 11.2. The van der Waals surface area contributed by atoms with Gasteiger partial charge in [-0.3, -0.25) is 14.4 Å². The van der Waals surface area contributed by atoms with Crippen LogP contribution in [-0.2, 0) is 38.1 Å². The van der Waals surface area contributed by atoms with Gasteiger partial charge in [-0.15, -0.1) is 0 Å². The summed E-state index contributed by atoms with van der Waals surface area (Å²) in [5, 5.41) is 0. The molecule has 0 unspecified atom stereocenters. The summed E-state index contributed by atoms with van der Waals surface area (Å²) in [5.41, 5.74) is -2.80. The van der Waals surface area contributed by atoms with Crippen LogP contribution in [0.1, 0.15) is 71.7 Å². The van der Waals surface area contributed by atoms with Crippen molar-refractivity contribution in [2.75, 3.05) is 0 Å². The van der Waals surface area contributed by atoms with E-state index in [1.165, 1.54) is 20.8 Å². The van der Waals surface area contributed by atoms with Crippen molar-refractivity contribution in [1.82, 2.24) is 0 Å². The first-order valence-corrected chi connectivity index (χ1v) is 12.7. The molecule has 8 atom stereocenters. The molecule has 2 bridgehead atoms. The molecule has 0 amide bonds. The van der Waals surface area contributed by atoms with E-state index < -0.39 is 64.9 Å². The lowest BCUT2D eigenvalue weighted by Gasteiger charge is -2.62. The summed E-state index contributed by atoms with van der Waals surface area (Å²) in [5.74, 6) is -2.72. The van der Waals surface area contributed by atoms with Gasteiger partial charge >= 0.3 is 23.9 Å². The van der Waals surface area contributed by atoms with E-state index >= 15 is 0 Å². The highest BCUT2D eigenvalue weighted by Crippen LogP contribution is 2.67. The Labute approximate surface area is 217 Å². The summed E-state index contributed by atoms with van der Waals surface area (Å²) < 4.78 is 30.6. The van der Waals surface area contributed by atoms with Gasteiger partial charge in [0.05, 0.1) is 16.6 Å². The lowest BCUT2D eigenvalue weighted by atomic mass is 9.48. The van der Waals surface area contributed by atoms with Gasteiger partial charge < -0.3 is 23.7 Å². The molecule has 9 heteroatoms. The Morgan fingerprint density at radius 2 is 1.38 bits per heavy atom. The van der Waals surface area contributed by atoms with Crippen molar-refractivity contribution >= 4 is 23.9 Å². The average Bonchev–Trinajstić information content (AvgIpc) is 2.97. The van der Waals surface area contributed by atoms with Crippen LogP contribution in [0.25, 0.3) is 0 Å². The van der Waals surface area contributed by atoms with E-state index in [1.54, 1.807) is 30.3 Å². The highest BCUT2D eigenvalue weighted by atomic mass is 16.6. The van der Waals surface area contributed by atoms with Crippen molar-refractivity contribution in [1.29, 1.82) is 0 Å². The summed E-state index contributed by atoms with van der Waals surface area (Å²) in [6.45, 7) is 11.5. The van der Waals surface area contributed by atoms with Gasteiger partial charge in [0.15, 0.2) is 6.10 Å². The molecule has 0 radical (unpaired) electrons. The van der Waals surface area contributed by atoms with Gasteiger partial charge in [0, 0.05) is 26.7 Å². The van der Waals surface area contributed by atoms with Crippen molar-refractivity contribution in [2.24, 2.45) is 17.3 Å². The number of rotatable bonds is 5. The molecule has 3 aliphatic rings. The zero-order valence-corrected chi connectivity index (χ0v) is 22.4. The van der Waals surface area contributed by atoms with Gasteiger partial charge in [0.2, 0.25) is 0 Å². The molecule has 0 N–H and O–H groups in total. The second kappa shape index (κ2) is 9.42. The van der Waals surface area contributed by atoms with Crippen molar-refractivity contribution in [3.63, 3.8) is 0 Å². The summed E-state index contributed by atoms with van der Waals surface area (Å²) in [6.07, 6.45) is -2.74. The molecule has 3 fully saturated rings. The number of benzene rings is 1. The van der Waals surface area contributed by atoms with Crippen LogP contribution in [0, 0.1) is 17.3 Å². The lowest BCUT2D eigenvalue weighted by Crippen LogP contribution is -2.76. The quantitative estimate of drug-likeness (QED) is 0.427. The third kappa shape index (κ3) is 4.31. The van der Waals surface area contributed by atoms with Crippen LogP contribution in [0.3, 0.4) is 0 Å². The normalized spacial score (nSPS) is 37.6. The third-order valence-electron chi connectivity index (χ3n) is 8.50. The number of hydrogen-bond acceptors (Lipinski definition) is 9. The zero-order valence-electron chi connectivity index (χ0n) is 22.4. The van der Waals surface area contributed by atoms with E-state index in [0.717, 1.165) is 0 Å². The smallest absolute Gasteiger partial charge is 0.338 e. The standard InChI is InChI=1S/C28H36O9/c1-15-13-21(33-16(2)29)24(35-18(4)31)27(7)22(36-25(32)19-11-9-8-10-12-19)14-20-23(34-17(3)30)28(15,27)37-26(20,5)6/h8-12,15,20-24H,13-14H2,1-7H3/t15-,20-,21-,22+,23-,24+,27-,28-/m1/s1. The van der Waals surface area contributed by atoms with Gasteiger partial charge in [-0.1, -0.05) is 25.1 Å². The molecule has 37 heavy (non-hydrogen) atoms. The number of fused-ring (bicyclic) bond motifs is 1. The van der Waals surface area contributed by atoms with Crippen LogP contribution in [0.15, 0.2) is 30.3 Å². The predicted octanol–water partition coefficient (Wildman–Crippen LogP) is 3.62. The fourth-order valence-corrected chi connectivity index (χ4v) is 7.12. The largest absolute Gasteiger partial charge is 0.459 e. The van der Waals surface area contributed by atoms with E-state index in [4.69, 9.17) is 23.7 Å². The Bertz CT molecular complexity index is 1080. The highest BCUT2D eigenvalue weighted by molar-refractivity contribution is 5.89. The maximum Gasteiger partial charge on any atom is 0.338 e. The summed E-state index contributed by atoms with van der Waals surface area (Å²) in [7, 11) is 0. The minimum Gasteiger partial charge on any atom is -0.459 e. The Morgan fingerprint density at radius 3 is 1.95 bits per heavy atom. The molecule has 1 saturated heterocycles. The maximum absolute atomic E-state index is 13.3. The van der Waals surface area contributed by atoms with Crippen LogP contribution in [-0.4, -0.2) is 59.5 Å². The zero-order chi connectivity index (χ0) is 27.3. The number of ether oxygens (including phenoxy) is 5. The fraction of sp³-hybridized carbons (Fsp3) is 0.643. The Morgan fingerprint density at radius 1 is 0.811 bits per heavy atom. The Balaban J connectivity index is 1.90. The molecule has 2 aliphatic carbocycles. The molecule has 202 valence electrons. The van der Waals surface area contributed by atoms with Crippen LogP contribution < -0.4 is 0 Å². The van der Waals surface area contributed by atoms with Gasteiger partial charge in [0.1, 0.15) is 23.9 Å². The minimum atomic E-state index is -1.23. The lowest BCUT2D eigenvalue weighted by molar-refractivity contribution is -0.304. The van der Waals surface area contributed by atoms with Crippen LogP contribution in [0.5, 0.6) is 0 Å². The van der Waals surface area contributed by atoms with E-state index in [1.807, 2.05) is 27.7 Å². The summed E-state index contributed by atoms with van der Waals surface area (Å²) in [6, 6.07) is 8.61. The van der Waals surface area contributed by atoms with E-state index in [9.17, 15) is 19.2 Å². The molecule has 9 nitrogen and oxygen atoms in total. The van der Waals surface area contributed by atoms with Crippen molar-refractivity contribution in [3.8, 4) is 0 Å². The molecule has 2 saturated carbocycles. The Hall–Kier alpha value is -2.94. The van der Waals surface area contributed by atoms with E-state index in [2.05, 4.69) is 0 Å². The Kier molecular flexibility index (Phi) is 6.90. The maximum atomic E-state index is 13.3. The first-order chi connectivity index (χ1) is 17.2. The van der Waals surface area contributed by atoms with Gasteiger partial charge in [0.25, 0.3) is 0 Å². The van der Waals surface area contributed by atoms with Gasteiger partial charge in [-0.05, 0) is 51.7 Å². The second-order valence-corrected chi connectivity index (χ2v) is 11.2. The fourth-order valence-electron chi connectivity index (χ4n) is 7.12. The average molecular weight is 517 g/mol. The number of carbonyl (C=O) groups excluding carboxylic acids is 4. The summed E-state index contributed by atoms with van der Waals surface area (Å²) >= 11 is 0. The predicted molar refractivity (Wildman–Crippen MR) is 130 cm³/mol. The number of hydrogen-bond donors (Lipinski definition) is 0. The molecule has 1 aliphatic heterocycles. The van der Waals surface area contributed by atoms with Crippen LogP contribution in [0.2, 0.25) is 0 Å².